The van der Waals surface area contributed by atoms with Gasteiger partial charge in [0.15, 0.2) is 11.5 Å². The lowest BCUT2D eigenvalue weighted by molar-refractivity contribution is 0.0600. The first kappa shape index (κ1) is 13.1. The van der Waals surface area contributed by atoms with Crippen LogP contribution < -0.4 is 0 Å². The predicted molar refractivity (Wildman–Crippen MR) is 76.2 cm³/mol. The lowest BCUT2D eigenvalue weighted by atomic mass is 10.1. The summed E-state index contributed by atoms with van der Waals surface area (Å²) in [6.45, 7) is 1.80. The van der Waals surface area contributed by atoms with E-state index in [1.54, 1.807) is 41.8 Å². The molecule has 21 heavy (non-hydrogen) atoms. The summed E-state index contributed by atoms with van der Waals surface area (Å²) >= 11 is 0. The van der Waals surface area contributed by atoms with E-state index in [1.807, 2.05) is 6.07 Å². The summed E-state index contributed by atoms with van der Waals surface area (Å²) in [5.74, 6) is 0.321. The Labute approximate surface area is 120 Å². The van der Waals surface area contributed by atoms with E-state index in [2.05, 4.69) is 10.2 Å². The number of esters is 1. The standard InChI is InChI=1S/C15H13N3O3/c1-9-11(4-3-5-12(9)19)14-17-16-13-7-6-10(8-18(13)14)15(20)21-2/h3-8,19H,1-2H3. The molecule has 0 saturated heterocycles. The van der Waals surface area contributed by atoms with Crippen LogP contribution in [-0.2, 0) is 4.74 Å². The minimum atomic E-state index is -0.427. The molecule has 0 fully saturated rings. The fourth-order valence-corrected chi connectivity index (χ4v) is 2.18. The number of aromatic hydroxyl groups is 1. The van der Waals surface area contributed by atoms with Crippen molar-refractivity contribution >= 4 is 11.6 Å². The molecule has 6 nitrogen and oxygen atoms in total. The van der Waals surface area contributed by atoms with E-state index in [1.165, 1.54) is 7.11 Å². The molecule has 2 aromatic heterocycles. The molecule has 0 aliphatic heterocycles. The second kappa shape index (κ2) is 4.90. The van der Waals surface area contributed by atoms with Crippen molar-refractivity contribution in [1.29, 1.82) is 0 Å². The Morgan fingerprint density at radius 3 is 2.81 bits per heavy atom. The molecule has 0 atom stereocenters. The van der Waals surface area contributed by atoms with Gasteiger partial charge in [-0.15, -0.1) is 10.2 Å². The van der Waals surface area contributed by atoms with Gasteiger partial charge in [0.25, 0.3) is 0 Å². The zero-order chi connectivity index (χ0) is 15.0. The number of rotatable bonds is 2. The van der Waals surface area contributed by atoms with Gasteiger partial charge in [0.2, 0.25) is 0 Å². The van der Waals surface area contributed by atoms with Crippen LogP contribution in [0.1, 0.15) is 15.9 Å². The number of methoxy groups -OCH3 is 1. The number of phenols is 1. The van der Waals surface area contributed by atoms with Crippen molar-refractivity contribution in [3.63, 3.8) is 0 Å². The summed E-state index contributed by atoms with van der Waals surface area (Å²) in [6.07, 6.45) is 1.62. The van der Waals surface area contributed by atoms with Crippen molar-refractivity contribution < 1.29 is 14.6 Å². The Balaban J connectivity index is 2.23. The number of fused-ring (bicyclic) bond motifs is 1. The van der Waals surface area contributed by atoms with Crippen molar-refractivity contribution in [3.05, 3.63) is 47.7 Å². The highest BCUT2D eigenvalue weighted by atomic mass is 16.5. The Hall–Kier alpha value is -2.89. The third-order valence-electron chi connectivity index (χ3n) is 3.37. The van der Waals surface area contributed by atoms with Gasteiger partial charge < -0.3 is 9.84 Å². The quantitative estimate of drug-likeness (QED) is 0.729. The van der Waals surface area contributed by atoms with Gasteiger partial charge in [-0.05, 0) is 25.1 Å². The summed E-state index contributed by atoms with van der Waals surface area (Å²) in [6, 6.07) is 8.52. The highest BCUT2D eigenvalue weighted by molar-refractivity contribution is 5.89. The first-order valence-electron chi connectivity index (χ1n) is 6.34. The summed E-state index contributed by atoms with van der Waals surface area (Å²) in [5, 5.41) is 18.0. The molecule has 106 valence electrons. The SMILES string of the molecule is COC(=O)c1ccc2nnc(-c3cccc(O)c3C)n2c1. The van der Waals surface area contributed by atoms with Crippen LogP contribution in [0.4, 0.5) is 0 Å². The molecule has 0 amide bonds. The van der Waals surface area contributed by atoms with Crippen molar-refractivity contribution in [2.75, 3.05) is 7.11 Å². The summed E-state index contributed by atoms with van der Waals surface area (Å²) in [5.41, 5.74) is 2.48. The molecule has 1 N–H and O–H groups in total. The summed E-state index contributed by atoms with van der Waals surface area (Å²) in [4.78, 5) is 11.6. The molecule has 6 heteroatoms. The molecule has 2 heterocycles. The first-order valence-corrected chi connectivity index (χ1v) is 6.34. The fraction of sp³-hybridized carbons (Fsp3) is 0.133. The second-order valence-electron chi connectivity index (χ2n) is 4.61. The minimum absolute atomic E-state index is 0.188. The predicted octanol–water partition coefficient (Wildman–Crippen LogP) is 2.20. The number of hydrogen-bond acceptors (Lipinski definition) is 5. The number of hydrogen-bond donors (Lipinski definition) is 1. The third kappa shape index (κ3) is 2.10. The maximum atomic E-state index is 11.6. The Morgan fingerprint density at radius 1 is 1.24 bits per heavy atom. The Kier molecular flexibility index (Phi) is 3.06. The van der Waals surface area contributed by atoms with Crippen LogP contribution in [0.5, 0.6) is 5.75 Å². The van der Waals surface area contributed by atoms with Crippen LogP contribution in [-0.4, -0.2) is 32.8 Å². The molecule has 3 rings (SSSR count). The largest absolute Gasteiger partial charge is 0.508 e. The summed E-state index contributed by atoms with van der Waals surface area (Å²) < 4.78 is 6.42. The minimum Gasteiger partial charge on any atom is -0.508 e. The maximum absolute atomic E-state index is 11.6. The van der Waals surface area contributed by atoms with Crippen molar-refractivity contribution in [2.45, 2.75) is 6.92 Å². The number of carbonyl (C=O) groups is 1. The van der Waals surface area contributed by atoms with Crippen LogP contribution in [0.15, 0.2) is 36.5 Å². The summed E-state index contributed by atoms with van der Waals surface area (Å²) in [7, 11) is 1.33. The highest BCUT2D eigenvalue weighted by Crippen LogP contribution is 2.28. The van der Waals surface area contributed by atoms with Gasteiger partial charge in [-0.2, -0.15) is 0 Å². The number of benzene rings is 1. The lowest BCUT2D eigenvalue weighted by Gasteiger charge is -2.06. The average Bonchev–Trinajstić information content (AvgIpc) is 2.92. The molecule has 0 bridgehead atoms. The van der Waals surface area contributed by atoms with Crippen molar-refractivity contribution in [3.8, 4) is 17.1 Å². The number of ether oxygens (including phenoxy) is 1. The van der Waals surface area contributed by atoms with Gasteiger partial charge in [0.1, 0.15) is 5.75 Å². The van der Waals surface area contributed by atoms with Crippen LogP contribution in [0, 0.1) is 6.92 Å². The van der Waals surface area contributed by atoms with E-state index in [-0.39, 0.29) is 5.75 Å². The van der Waals surface area contributed by atoms with Gasteiger partial charge in [0, 0.05) is 17.3 Å². The first-order chi connectivity index (χ1) is 10.1. The molecule has 0 aliphatic carbocycles. The number of phenolic OH excluding ortho intramolecular Hbond substituents is 1. The number of pyridine rings is 1. The van der Waals surface area contributed by atoms with Gasteiger partial charge in [-0.3, -0.25) is 4.40 Å². The molecule has 0 unspecified atom stereocenters. The fourth-order valence-electron chi connectivity index (χ4n) is 2.18. The molecule has 0 spiro atoms. The van der Waals surface area contributed by atoms with Crippen LogP contribution in [0.25, 0.3) is 17.0 Å². The zero-order valence-corrected chi connectivity index (χ0v) is 11.6. The molecular weight excluding hydrogens is 270 g/mol. The van der Waals surface area contributed by atoms with E-state index < -0.39 is 5.97 Å². The zero-order valence-electron chi connectivity index (χ0n) is 11.6. The molecular formula is C15H13N3O3. The van der Waals surface area contributed by atoms with Crippen LogP contribution in [0.3, 0.4) is 0 Å². The van der Waals surface area contributed by atoms with E-state index in [4.69, 9.17) is 4.74 Å². The number of aromatic nitrogens is 3. The second-order valence-corrected chi connectivity index (χ2v) is 4.61. The Morgan fingerprint density at radius 2 is 2.05 bits per heavy atom. The highest BCUT2D eigenvalue weighted by Gasteiger charge is 2.14. The molecule has 1 aromatic carbocycles. The van der Waals surface area contributed by atoms with E-state index in [0.29, 0.717) is 22.6 Å². The van der Waals surface area contributed by atoms with Crippen LogP contribution in [0.2, 0.25) is 0 Å². The smallest absolute Gasteiger partial charge is 0.339 e. The topological polar surface area (TPSA) is 76.7 Å². The van der Waals surface area contributed by atoms with Gasteiger partial charge >= 0.3 is 5.97 Å². The van der Waals surface area contributed by atoms with Gasteiger partial charge in [-0.25, -0.2) is 4.79 Å². The van der Waals surface area contributed by atoms with Gasteiger partial charge in [0.05, 0.1) is 12.7 Å². The van der Waals surface area contributed by atoms with E-state index in [0.717, 1.165) is 5.56 Å². The number of carbonyl (C=O) groups excluding carboxylic acids is 1. The lowest BCUT2D eigenvalue weighted by Crippen LogP contribution is -2.03. The van der Waals surface area contributed by atoms with E-state index in [9.17, 15) is 9.90 Å². The monoisotopic (exact) mass is 283 g/mol. The Bertz CT molecular complexity index is 839. The average molecular weight is 283 g/mol. The van der Waals surface area contributed by atoms with Crippen molar-refractivity contribution in [2.24, 2.45) is 0 Å². The molecule has 0 saturated carbocycles. The van der Waals surface area contributed by atoms with E-state index >= 15 is 0 Å². The van der Waals surface area contributed by atoms with Gasteiger partial charge in [-0.1, -0.05) is 12.1 Å². The normalized spacial score (nSPS) is 10.8. The van der Waals surface area contributed by atoms with Crippen molar-refractivity contribution in [1.82, 2.24) is 14.6 Å². The third-order valence-corrected chi connectivity index (χ3v) is 3.37. The maximum Gasteiger partial charge on any atom is 0.339 e. The molecule has 0 aliphatic rings. The number of nitrogens with zero attached hydrogens (tertiary/aromatic N) is 3. The molecule has 3 aromatic rings. The van der Waals surface area contributed by atoms with Crippen LogP contribution >= 0.6 is 0 Å². The molecule has 0 radical (unpaired) electrons.